The molecule has 1 unspecified atom stereocenters. The number of sulfonamides is 1. The molecule has 0 fully saturated rings. The minimum atomic E-state index is -3.63. The van der Waals surface area contributed by atoms with E-state index in [-0.39, 0.29) is 21.1 Å². The average molecular weight is 340 g/mol. The number of hydrogen-bond donors (Lipinski definition) is 1. The second kappa shape index (κ2) is 7.56. The van der Waals surface area contributed by atoms with Crippen molar-refractivity contribution in [3.63, 3.8) is 0 Å². The van der Waals surface area contributed by atoms with E-state index in [9.17, 15) is 8.42 Å². The summed E-state index contributed by atoms with van der Waals surface area (Å²) in [6.45, 7) is 8.11. The van der Waals surface area contributed by atoms with Crippen LogP contribution in [0.5, 0.6) is 0 Å². The Bertz CT molecular complexity index is 548. The van der Waals surface area contributed by atoms with Crippen LogP contribution in [0.4, 0.5) is 0 Å². The Morgan fingerprint density at radius 3 is 2.45 bits per heavy atom. The highest BCUT2D eigenvalue weighted by molar-refractivity contribution is 7.89. The molecular weight excluding hydrogens is 321 g/mol. The molecule has 0 spiro atoms. The SMILES string of the molecule is CCN(CC)C(C)CNS(=O)(=O)c1cnc(Cl)c(Cl)c1. The van der Waals surface area contributed by atoms with Crippen molar-refractivity contribution < 1.29 is 8.42 Å². The molecule has 0 saturated carbocycles. The summed E-state index contributed by atoms with van der Waals surface area (Å²) in [4.78, 5) is 5.92. The molecule has 0 radical (unpaired) electrons. The maximum absolute atomic E-state index is 12.1. The van der Waals surface area contributed by atoms with E-state index in [0.29, 0.717) is 6.54 Å². The first-order chi connectivity index (χ1) is 9.31. The zero-order chi connectivity index (χ0) is 15.3. The summed E-state index contributed by atoms with van der Waals surface area (Å²) in [5.74, 6) is 0. The van der Waals surface area contributed by atoms with Gasteiger partial charge in [0.2, 0.25) is 10.0 Å². The normalized spacial score (nSPS) is 13.7. The lowest BCUT2D eigenvalue weighted by molar-refractivity contribution is 0.232. The Hall–Kier alpha value is -0.400. The van der Waals surface area contributed by atoms with Gasteiger partial charge in [-0.15, -0.1) is 0 Å². The second-order valence-electron chi connectivity index (χ2n) is 4.37. The Kier molecular flexibility index (Phi) is 6.68. The third-order valence-electron chi connectivity index (χ3n) is 3.09. The van der Waals surface area contributed by atoms with Crippen LogP contribution in [-0.4, -0.2) is 44.0 Å². The Morgan fingerprint density at radius 1 is 1.35 bits per heavy atom. The van der Waals surface area contributed by atoms with Gasteiger partial charge in [-0.05, 0) is 26.1 Å². The molecule has 1 atom stereocenters. The smallest absolute Gasteiger partial charge is 0.242 e. The number of halogens is 2. The number of pyridine rings is 1. The number of aromatic nitrogens is 1. The molecule has 0 aliphatic carbocycles. The number of nitrogens with zero attached hydrogens (tertiary/aromatic N) is 2. The van der Waals surface area contributed by atoms with Gasteiger partial charge in [0.15, 0.2) is 0 Å². The van der Waals surface area contributed by atoms with Crippen LogP contribution in [0.15, 0.2) is 17.2 Å². The van der Waals surface area contributed by atoms with E-state index in [1.807, 2.05) is 20.8 Å². The molecule has 1 N–H and O–H groups in total. The average Bonchev–Trinajstić information content (AvgIpc) is 2.41. The Labute approximate surface area is 130 Å². The molecule has 1 rings (SSSR count). The van der Waals surface area contributed by atoms with Crippen molar-refractivity contribution in [2.75, 3.05) is 19.6 Å². The number of rotatable bonds is 7. The lowest BCUT2D eigenvalue weighted by Crippen LogP contribution is -2.41. The van der Waals surface area contributed by atoms with Gasteiger partial charge in [0, 0.05) is 18.8 Å². The molecule has 20 heavy (non-hydrogen) atoms. The molecule has 114 valence electrons. The van der Waals surface area contributed by atoms with E-state index < -0.39 is 10.0 Å². The van der Waals surface area contributed by atoms with Gasteiger partial charge >= 0.3 is 0 Å². The fourth-order valence-electron chi connectivity index (χ4n) is 1.84. The highest BCUT2D eigenvalue weighted by Gasteiger charge is 2.18. The van der Waals surface area contributed by atoms with E-state index in [4.69, 9.17) is 23.2 Å². The Morgan fingerprint density at radius 2 is 1.95 bits per heavy atom. The molecule has 0 bridgehead atoms. The van der Waals surface area contributed by atoms with Crippen molar-refractivity contribution in [3.8, 4) is 0 Å². The standard InChI is InChI=1S/C12H19Cl2N3O2S/c1-4-17(5-2)9(3)7-16-20(18,19)10-6-11(13)12(14)15-8-10/h6,8-9,16H,4-5,7H2,1-3H3. The topological polar surface area (TPSA) is 62.3 Å². The van der Waals surface area contributed by atoms with Crippen molar-refractivity contribution in [1.82, 2.24) is 14.6 Å². The van der Waals surface area contributed by atoms with Gasteiger partial charge in [0.25, 0.3) is 0 Å². The minimum absolute atomic E-state index is 0.0126. The second-order valence-corrected chi connectivity index (χ2v) is 6.90. The van der Waals surface area contributed by atoms with Crippen LogP contribution in [0.3, 0.4) is 0 Å². The van der Waals surface area contributed by atoms with Crippen LogP contribution in [-0.2, 0) is 10.0 Å². The molecule has 5 nitrogen and oxygen atoms in total. The van der Waals surface area contributed by atoms with Crippen LogP contribution in [0, 0.1) is 0 Å². The molecule has 0 aliphatic heterocycles. The van der Waals surface area contributed by atoms with Gasteiger partial charge in [-0.25, -0.2) is 18.1 Å². The third-order valence-corrected chi connectivity index (χ3v) is 5.16. The van der Waals surface area contributed by atoms with E-state index in [1.165, 1.54) is 12.3 Å². The highest BCUT2D eigenvalue weighted by Crippen LogP contribution is 2.21. The summed E-state index contributed by atoms with van der Waals surface area (Å²) in [7, 11) is -3.63. The quantitative estimate of drug-likeness (QED) is 0.775. The highest BCUT2D eigenvalue weighted by atomic mass is 35.5. The number of likely N-dealkylation sites (N-methyl/N-ethyl adjacent to an activating group) is 1. The summed E-state index contributed by atoms with van der Waals surface area (Å²) >= 11 is 11.5. The molecule has 1 aromatic heterocycles. The number of nitrogens with one attached hydrogen (secondary N) is 1. The summed E-state index contributed by atoms with van der Waals surface area (Å²) in [6.07, 6.45) is 1.19. The van der Waals surface area contributed by atoms with Crippen LogP contribution in [0.2, 0.25) is 10.2 Å². The maximum Gasteiger partial charge on any atom is 0.242 e. The first kappa shape index (κ1) is 17.7. The van der Waals surface area contributed by atoms with Crippen molar-refractivity contribution in [2.24, 2.45) is 0 Å². The first-order valence-electron chi connectivity index (χ1n) is 6.36. The van der Waals surface area contributed by atoms with Gasteiger partial charge < -0.3 is 0 Å². The predicted molar refractivity (Wildman–Crippen MR) is 81.8 cm³/mol. The summed E-state index contributed by atoms with van der Waals surface area (Å²) in [5, 5.41) is 0.202. The Balaban J connectivity index is 2.77. The van der Waals surface area contributed by atoms with Gasteiger partial charge in [0.05, 0.1) is 5.02 Å². The molecular formula is C12H19Cl2N3O2S. The van der Waals surface area contributed by atoms with Gasteiger partial charge in [-0.2, -0.15) is 0 Å². The largest absolute Gasteiger partial charge is 0.300 e. The van der Waals surface area contributed by atoms with E-state index in [2.05, 4.69) is 14.6 Å². The maximum atomic E-state index is 12.1. The molecule has 0 saturated heterocycles. The van der Waals surface area contributed by atoms with E-state index in [1.54, 1.807) is 0 Å². The molecule has 0 aromatic carbocycles. The van der Waals surface area contributed by atoms with Crippen molar-refractivity contribution in [3.05, 3.63) is 22.4 Å². The minimum Gasteiger partial charge on any atom is -0.300 e. The lowest BCUT2D eigenvalue weighted by atomic mass is 10.3. The monoisotopic (exact) mass is 339 g/mol. The van der Waals surface area contributed by atoms with Crippen LogP contribution in [0.1, 0.15) is 20.8 Å². The molecule has 1 heterocycles. The zero-order valence-corrected chi connectivity index (χ0v) is 14.1. The van der Waals surface area contributed by atoms with Crippen molar-refractivity contribution >= 4 is 33.2 Å². The number of hydrogen-bond acceptors (Lipinski definition) is 4. The fourth-order valence-corrected chi connectivity index (χ4v) is 3.27. The third kappa shape index (κ3) is 4.56. The van der Waals surface area contributed by atoms with Gasteiger partial charge in [0.1, 0.15) is 10.0 Å². The van der Waals surface area contributed by atoms with Crippen molar-refractivity contribution in [2.45, 2.75) is 31.7 Å². The van der Waals surface area contributed by atoms with Crippen LogP contribution >= 0.6 is 23.2 Å². The fraction of sp³-hybridized carbons (Fsp3) is 0.583. The van der Waals surface area contributed by atoms with E-state index in [0.717, 1.165) is 13.1 Å². The van der Waals surface area contributed by atoms with Gasteiger partial charge in [-0.1, -0.05) is 37.0 Å². The van der Waals surface area contributed by atoms with Gasteiger partial charge in [-0.3, -0.25) is 4.90 Å². The molecule has 0 amide bonds. The molecule has 8 heteroatoms. The molecule has 0 aliphatic rings. The molecule has 1 aromatic rings. The van der Waals surface area contributed by atoms with Crippen molar-refractivity contribution in [1.29, 1.82) is 0 Å². The predicted octanol–water partition coefficient (Wildman–Crippen LogP) is 2.40. The van der Waals surface area contributed by atoms with E-state index >= 15 is 0 Å². The zero-order valence-electron chi connectivity index (χ0n) is 11.7. The summed E-state index contributed by atoms with van der Waals surface area (Å²) in [6, 6.07) is 1.40. The lowest BCUT2D eigenvalue weighted by Gasteiger charge is -2.26. The van der Waals surface area contributed by atoms with Crippen LogP contribution in [0.25, 0.3) is 0 Å². The summed E-state index contributed by atoms with van der Waals surface area (Å²) < 4.78 is 26.8. The van der Waals surface area contributed by atoms with Crippen LogP contribution < -0.4 is 4.72 Å². The first-order valence-corrected chi connectivity index (χ1v) is 8.60. The summed E-state index contributed by atoms with van der Waals surface area (Å²) in [5.41, 5.74) is 0.